The van der Waals surface area contributed by atoms with Crippen molar-refractivity contribution in [1.29, 1.82) is 0 Å². The molecule has 32 heavy (non-hydrogen) atoms. The summed E-state index contributed by atoms with van der Waals surface area (Å²) < 4.78 is 0. The van der Waals surface area contributed by atoms with Crippen LogP contribution in [0.4, 0.5) is 0 Å². The first-order valence-electron chi connectivity index (χ1n) is 10.9. The molecule has 0 aliphatic carbocycles. The highest BCUT2D eigenvalue weighted by atomic mass is 79.9. The minimum absolute atomic E-state index is 0.883. The summed E-state index contributed by atoms with van der Waals surface area (Å²) in [7, 11) is 0. The van der Waals surface area contributed by atoms with Crippen molar-refractivity contribution in [3.8, 4) is 0 Å². The summed E-state index contributed by atoms with van der Waals surface area (Å²) >= 11 is 7.12. The maximum Gasteiger partial charge on any atom is 0.0283 e. The highest BCUT2D eigenvalue weighted by Crippen LogP contribution is 2.32. The van der Waals surface area contributed by atoms with E-state index in [2.05, 4.69) is 141 Å². The zero-order valence-electron chi connectivity index (χ0n) is 18.0. The molecule has 0 N–H and O–H groups in total. The fourth-order valence-electron chi connectivity index (χ4n) is 3.95. The van der Waals surface area contributed by atoms with Gasteiger partial charge in [-0.25, -0.2) is 0 Å². The Hall–Kier alpha value is -2.42. The number of hydrogen-bond donors (Lipinski definition) is 0. The normalized spacial score (nSPS) is 11.8. The molecule has 2 heteroatoms. The van der Waals surface area contributed by atoms with Crippen LogP contribution < -0.4 is 0 Å². The molecule has 160 valence electrons. The summed E-state index contributed by atoms with van der Waals surface area (Å²) in [5, 5.41) is 1.77. The van der Waals surface area contributed by atoms with Crippen LogP contribution in [0.3, 0.4) is 0 Å². The van der Waals surface area contributed by atoms with Crippen molar-refractivity contribution in [1.82, 2.24) is 0 Å². The van der Waals surface area contributed by atoms with Gasteiger partial charge >= 0.3 is 0 Å². The Labute approximate surface area is 208 Å². The third-order valence-corrected chi connectivity index (χ3v) is 7.02. The molecule has 0 saturated carbocycles. The van der Waals surface area contributed by atoms with E-state index in [1.165, 1.54) is 44.5 Å². The number of hydrogen-bond acceptors (Lipinski definition) is 0. The lowest BCUT2D eigenvalue weighted by atomic mass is 9.86. The van der Waals surface area contributed by atoms with Crippen molar-refractivity contribution >= 4 is 43.0 Å². The SMILES string of the molecule is BrCc1ccc(C/C(=C(\Cc2ccc(CBr)cc2)c2ccccc2)c2ccccc2)cc1. The summed E-state index contributed by atoms with van der Waals surface area (Å²) in [6.07, 6.45) is 1.80. The molecular formula is C30H26Br2. The molecule has 0 radical (unpaired) electrons. The van der Waals surface area contributed by atoms with E-state index < -0.39 is 0 Å². The standard InChI is InChI=1S/C30H26Br2/c31-21-25-15-11-23(12-16-25)19-29(27-7-3-1-4-8-27)30(28-9-5-2-6-10-28)20-24-13-17-26(22-32)18-14-24/h1-18H,19-22H2/b30-29-. The lowest BCUT2D eigenvalue weighted by molar-refractivity contribution is 1.22. The first-order valence-corrected chi connectivity index (χ1v) is 13.1. The van der Waals surface area contributed by atoms with Crippen LogP contribution in [-0.2, 0) is 23.5 Å². The van der Waals surface area contributed by atoms with E-state index in [4.69, 9.17) is 0 Å². The summed E-state index contributed by atoms with van der Waals surface area (Å²) in [6, 6.07) is 39.6. The molecular weight excluding hydrogens is 520 g/mol. The van der Waals surface area contributed by atoms with E-state index in [0.29, 0.717) is 0 Å². The fourth-order valence-corrected chi connectivity index (χ4v) is 4.69. The van der Waals surface area contributed by atoms with Crippen molar-refractivity contribution in [3.63, 3.8) is 0 Å². The van der Waals surface area contributed by atoms with E-state index >= 15 is 0 Å². The van der Waals surface area contributed by atoms with Crippen LogP contribution in [0.5, 0.6) is 0 Å². The Morgan fingerprint density at radius 1 is 0.406 bits per heavy atom. The first-order chi connectivity index (χ1) is 15.8. The van der Waals surface area contributed by atoms with Crippen LogP contribution in [0, 0.1) is 0 Å². The minimum Gasteiger partial charge on any atom is -0.0876 e. The summed E-state index contributed by atoms with van der Waals surface area (Å²) in [5.41, 5.74) is 10.6. The average molecular weight is 546 g/mol. The third-order valence-electron chi connectivity index (χ3n) is 5.73. The maximum atomic E-state index is 3.56. The largest absolute Gasteiger partial charge is 0.0876 e. The van der Waals surface area contributed by atoms with Crippen LogP contribution in [0.15, 0.2) is 109 Å². The van der Waals surface area contributed by atoms with Crippen LogP contribution in [0.1, 0.15) is 33.4 Å². The second kappa shape index (κ2) is 11.4. The van der Waals surface area contributed by atoms with Crippen molar-refractivity contribution in [2.75, 3.05) is 0 Å². The predicted octanol–water partition coefficient (Wildman–Crippen LogP) is 8.87. The fraction of sp³-hybridized carbons (Fsp3) is 0.133. The van der Waals surface area contributed by atoms with E-state index in [1.807, 2.05) is 0 Å². The maximum absolute atomic E-state index is 3.56. The van der Waals surface area contributed by atoms with Crippen LogP contribution in [0.2, 0.25) is 0 Å². The Bertz CT molecular complexity index is 1050. The van der Waals surface area contributed by atoms with E-state index in [1.54, 1.807) is 0 Å². The second-order valence-corrected chi connectivity index (χ2v) is 9.06. The molecule has 0 aliphatic rings. The van der Waals surface area contributed by atoms with Crippen molar-refractivity contribution < 1.29 is 0 Å². The Morgan fingerprint density at radius 2 is 0.719 bits per heavy atom. The lowest BCUT2D eigenvalue weighted by Gasteiger charge is -2.18. The van der Waals surface area contributed by atoms with Crippen molar-refractivity contribution in [2.24, 2.45) is 0 Å². The number of benzene rings is 4. The average Bonchev–Trinajstić information content (AvgIpc) is 2.88. The topological polar surface area (TPSA) is 0 Å². The molecule has 0 aromatic heterocycles. The highest BCUT2D eigenvalue weighted by molar-refractivity contribution is 9.08. The Kier molecular flexibility index (Phi) is 8.14. The van der Waals surface area contributed by atoms with E-state index in [-0.39, 0.29) is 0 Å². The summed E-state index contributed by atoms with van der Waals surface area (Å²) in [5.74, 6) is 0. The molecule has 0 aliphatic heterocycles. The van der Waals surface area contributed by atoms with E-state index in [0.717, 1.165) is 23.5 Å². The van der Waals surface area contributed by atoms with Crippen LogP contribution >= 0.6 is 31.9 Å². The van der Waals surface area contributed by atoms with Gasteiger partial charge in [-0.15, -0.1) is 0 Å². The minimum atomic E-state index is 0.883. The predicted molar refractivity (Wildman–Crippen MR) is 145 cm³/mol. The van der Waals surface area contributed by atoms with Crippen molar-refractivity contribution in [2.45, 2.75) is 23.5 Å². The first kappa shape index (κ1) is 22.8. The summed E-state index contributed by atoms with van der Waals surface area (Å²) in [6.45, 7) is 0. The van der Waals surface area contributed by atoms with Gasteiger partial charge in [0.15, 0.2) is 0 Å². The molecule has 4 rings (SSSR count). The monoisotopic (exact) mass is 544 g/mol. The molecule has 4 aromatic rings. The molecule has 0 spiro atoms. The quantitative estimate of drug-likeness (QED) is 0.153. The van der Waals surface area contributed by atoms with Crippen molar-refractivity contribution in [3.05, 3.63) is 143 Å². The van der Waals surface area contributed by atoms with Gasteiger partial charge in [-0.05, 0) is 57.4 Å². The third kappa shape index (κ3) is 5.88. The van der Waals surface area contributed by atoms with Gasteiger partial charge < -0.3 is 0 Å². The smallest absolute Gasteiger partial charge is 0.0283 e. The number of alkyl halides is 2. The number of halogens is 2. The van der Waals surface area contributed by atoms with Gasteiger partial charge in [0.05, 0.1) is 0 Å². The van der Waals surface area contributed by atoms with Gasteiger partial charge in [0.1, 0.15) is 0 Å². The van der Waals surface area contributed by atoms with Gasteiger partial charge in [0.2, 0.25) is 0 Å². The summed E-state index contributed by atoms with van der Waals surface area (Å²) in [4.78, 5) is 0. The van der Waals surface area contributed by atoms with Gasteiger partial charge in [-0.1, -0.05) is 141 Å². The molecule has 0 nitrogen and oxygen atoms in total. The van der Waals surface area contributed by atoms with Crippen LogP contribution in [-0.4, -0.2) is 0 Å². The molecule has 0 atom stereocenters. The zero-order chi connectivity index (χ0) is 22.2. The molecule has 0 unspecified atom stereocenters. The van der Waals surface area contributed by atoms with E-state index in [9.17, 15) is 0 Å². The molecule has 0 bridgehead atoms. The zero-order valence-corrected chi connectivity index (χ0v) is 21.1. The second-order valence-electron chi connectivity index (χ2n) is 7.94. The van der Waals surface area contributed by atoms with Gasteiger partial charge in [-0.3, -0.25) is 0 Å². The molecule has 0 fully saturated rings. The van der Waals surface area contributed by atoms with Gasteiger partial charge in [0, 0.05) is 10.7 Å². The van der Waals surface area contributed by atoms with Gasteiger partial charge in [-0.2, -0.15) is 0 Å². The molecule has 0 amide bonds. The Morgan fingerprint density at radius 3 is 1.03 bits per heavy atom. The van der Waals surface area contributed by atoms with Gasteiger partial charge in [0.25, 0.3) is 0 Å². The lowest BCUT2D eigenvalue weighted by Crippen LogP contribution is -2.00. The number of allylic oxidation sites excluding steroid dienone is 2. The highest BCUT2D eigenvalue weighted by Gasteiger charge is 2.14. The molecule has 0 saturated heterocycles. The van der Waals surface area contributed by atoms with Crippen LogP contribution in [0.25, 0.3) is 11.1 Å². The Balaban J connectivity index is 1.83. The molecule has 4 aromatic carbocycles. The number of rotatable bonds is 8. The molecule has 0 heterocycles.